The van der Waals surface area contributed by atoms with E-state index < -0.39 is 47.3 Å². The summed E-state index contributed by atoms with van der Waals surface area (Å²) in [5, 5.41) is 56.2. The van der Waals surface area contributed by atoms with E-state index in [0.29, 0.717) is 144 Å². The molecular weight excluding hydrogens is 1760 g/mol. The van der Waals surface area contributed by atoms with Gasteiger partial charge in [0.05, 0.1) is 69.7 Å². The zero-order valence-corrected chi connectivity index (χ0v) is 79.2. The SMILES string of the molecule is CC(C)(C)OC(=O)CCCCCCNC(=O)c1ccc(S(=O)(=O)N(Cc2ccccn2)C(=O)CCCCCNc2ccc([N+](=O)[O-])c3nonc23)cc1.COc1cc(C(C)(C)CCCCCCN=[N+]=[N-])cc(OC)c1[C@H]1C=C(CNC(=O)CCCCCCNC(=O)c2ccc(S(=O)(=O)N(Cc3ccccn3)C(=O)CCCCCNc3ccc([N+](=O)[O-])c4nonc34)cc2)[C@H]2C[C@@H]1C2(C)C. The number of hydrogen-bond acceptors (Lipinski definition) is 28. The summed E-state index contributed by atoms with van der Waals surface area (Å²) in [5.74, 6) is 0.361. The molecule has 134 heavy (non-hydrogen) atoms. The minimum Gasteiger partial charge on any atom is -0.496 e. The lowest BCUT2D eigenvalue weighted by Gasteiger charge is -2.59. The highest BCUT2D eigenvalue weighted by molar-refractivity contribution is 7.90. The van der Waals surface area contributed by atoms with Crippen LogP contribution in [0.25, 0.3) is 32.5 Å². The lowest BCUT2D eigenvalue weighted by atomic mass is 9.45. The molecule has 4 aromatic heterocycles. The molecule has 9 aromatic rings. The number of allylic oxidation sites excluding steroid dienone is 1. The largest absolute Gasteiger partial charge is 0.496 e. The molecule has 39 heteroatoms. The van der Waals surface area contributed by atoms with Crippen LogP contribution in [0.2, 0.25) is 0 Å². The maximum atomic E-state index is 14.0. The van der Waals surface area contributed by atoms with Crippen LogP contribution < -0.4 is 36.1 Å². The Hall–Kier alpha value is -13.0. The number of nitro benzene ring substituents is 2. The van der Waals surface area contributed by atoms with Crippen LogP contribution in [-0.4, -0.2) is 160 Å². The third-order valence-corrected chi connectivity index (χ3v) is 27.8. The van der Waals surface area contributed by atoms with E-state index in [2.05, 4.69) is 118 Å². The molecule has 0 saturated heterocycles. The van der Waals surface area contributed by atoms with Gasteiger partial charge >= 0.3 is 17.3 Å². The summed E-state index contributed by atoms with van der Waals surface area (Å²) in [4.78, 5) is 110. The average Bonchev–Trinajstić information content (AvgIpc) is 0.764. The van der Waals surface area contributed by atoms with Crippen LogP contribution in [0.1, 0.15) is 252 Å². The minimum atomic E-state index is -4.34. The number of nitro groups is 2. The second-order valence-corrected chi connectivity index (χ2v) is 39.4. The molecule has 3 aliphatic rings. The molecule has 12 rings (SSSR count). The highest BCUT2D eigenvalue weighted by Gasteiger charge is 2.56. The highest BCUT2D eigenvalue weighted by Crippen LogP contribution is 2.65. The van der Waals surface area contributed by atoms with Crippen molar-refractivity contribution in [1.82, 2.24) is 55.2 Å². The van der Waals surface area contributed by atoms with Crippen molar-refractivity contribution in [1.29, 1.82) is 0 Å². The van der Waals surface area contributed by atoms with Crippen LogP contribution in [0.5, 0.6) is 11.5 Å². The van der Waals surface area contributed by atoms with Crippen LogP contribution in [0, 0.1) is 37.5 Å². The molecule has 5 aromatic carbocycles. The van der Waals surface area contributed by atoms with Gasteiger partial charge in [-0.15, -0.1) is 0 Å². The van der Waals surface area contributed by atoms with Gasteiger partial charge in [-0.1, -0.05) is 114 Å². The molecule has 3 atom stereocenters. The number of rotatable bonds is 53. The lowest BCUT2D eigenvalue weighted by molar-refractivity contribution is -0.383. The van der Waals surface area contributed by atoms with Gasteiger partial charge in [-0.3, -0.25) is 59.0 Å². The first-order valence-corrected chi connectivity index (χ1v) is 48.5. The number of amides is 5. The summed E-state index contributed by atoms with van der Waals surface area (Å²) in [7, 11) is -5.19. The lowest BCUT2D eigenvalue weighted by Crippen LogP contribution is -2.52. The number of sulfonamides is 2. The van der Waals surface area contributed by atoms with E-state index in [0.717, 1.165) is 96.3 Å². The summed E-state index contributed by atoms with van der Waals surface area (Å²) in [6.45, 7) is 16.9. The number of hydrogen-bond donors (Lipinski definition) is 5. The molecule has 0 aliphatic heterocycles. The number of nitrogens with zero attached hydrogens (tertiary/aromatic N) is 13. The molecule has 0 spiro atoms. The van der Waals surface area contributed by atoms with Gasteiger partial charge in [-0.05, 0) is 243 Å². The molecule has 2 bridgehead atoms. The van der Waals surface area contributed by atoms with Gasteiger partial charge in [-0.2, -0.15) is 0 Å². The molecule has 0 unspecified atom stereocenters. The van der Waals surface area contributed by atoms with E-state index in [9.17, 15) is 65.8 Å². The fraction of sp³-hybridized carbons (Fsp3) is 0.495. The number of unbranched alkanes of at least 4 members (excludes halogenated alkanes) is 13. The molecule has 1 saturated carbocycles. The topological polar surface area (TPSA) is 504 Å². The van der Waals surface area contributed by atoms with E-state index in [1.54, 1.807) is 50.6 Å². The molecule has 718 valence electrons. The first-order chi connectivity index (χ1) is 64.2. The normalized spacial score (nSPS) is 14.5. The predicted molar refractivity (Wildman–Crippen MR) is 503 cm³/mol. The standard InChI is InChI=1S/C59H77N11O10S.C36H45N7O9S/c1-58(2,29-15-8-10-18-33-65-68-60)42-35-50(78-5)54(51(36-42)79-6)45-34-41(46-37-47(45)59(46,3)4)38-64-52(71)21-12-7-9-16-32-63-57(73)40-23-25-44(26-24-40)81(76,77)69(39-43-20-14-19-30-61-43)53(72)22-13-11-17-31-62-48-27-28-49(70(74)75)56-55(48)66-80-67-56;1-36(2,3)51-32(45)15-8-4-5-10-24-39-35(46)26-16-18-28(19-17-26)53(49,50)42(25-27-13-9-12-22-37-27)31(44)14-7-6-11-23-38-29-20-21-30(43(47)48)34-33(29)40-52-41-34/h14,19-20,23-28,30,34-36,45-47,62H,7-13,15-18,21-22,29,31-33,37-39H2,1-6H3,(H,63,73)(H,64,71);9,12-13,16-22,38H,4-8,10-11,14-15,23-25H2,1-3H3,(H,39,46)/t45-,46+,47-;/m0./s1. The molecular formula is C95H122N18O19S2. The third-order valence-electron chi connectivity index (χ3n) is 24.2. The van der Waals surface area contributed by atoms with Crippen molar-refractivity contribution in [3.05, 3.63) is 210 Å². The van der Waals surface area contributed by atoms with Crippen LogP contribution >= 0.6 is 0 Å². The first-order valence-electron chi connectivity index (χ1n) is 45.6. The number of ether oxygens (including phenoxy) is 3. The first kappa shape index (κ1) is 103. The van der Waals surface area contributed by atoms with Crippen LogP contribution in [0.15, 0.2) is 170 Å². The van der Waals surface area contributed by atoms with Gasteiger partial charge in [0.15, 0.2) is 11.0 Å². The van der Waals surface area contributed by atoms with Crippen molar-refractivity contribution < 1.29 is 78.9 Å². The molecule has 0 radical (unpaired) electrons. The van der Waals surface area contributed by atoms with Crippen LogP contribution in [0.4, 0.5) is 22.7 Å². The number of aromatic nitrogens is 6. The van der Waals surface area contributed by atoms with Crippen molar-refractivity contribution in [2.45, 2.75) is 242 Å². The Bertz CT molecular complexity index is 5800. The number of pyridine rings is 2. The van der Waals surface area contributed by atoms with Gasteiger partial charge in [0.25, 0.3) is 31.9 Å². The number of esters is 1. The van der Waals surface area contributed by atoms with E-state index >= 15 is 0 Å². The molecule has 37 nitrogen and oxygen atoms in total. The molecule has 5 amide bonds. The smallest absolute Gasteiger partial charge is 0.306 e. The number of nitrogens with one attached hydrogen (secondary N) is 5. The number of methoxy groups -OCH3 is 2. The van der Waals surface area contributed by atoms with Crippen molar-refractivity contribution in [3.8, 4) is 11.5 Å². The second-order valence-electron chi connectivity index (χ2n) is 35.7. The number of carbonyl (C=O) groups is 6. The molecule has 3 aliphatic carbocycles. The molecule has 5 N–H and O–H groups in total. The quantitative estimate of drug-likeness (QED) is 0.00345. The fourth-order valence-electron chi connectivity index (χ4n) is 16.7. The Balaban J connectivity index is 0.000000303. The van der Waals surface area contributed by atoms with E-state index in [1.165, 1.54) is 96.3 Å². The van der Waals surface area contributed by atoms with Crippen LogP contribution in [-0.2, 0) is 62.5 Å². The van der Waals surface area contributed by atoms with Gasteiger partial charge < -0.3 is 40.8 Å². The third kappa shape index (κ3) is 28.5. The fourth-order valence-corrected chi connectivity index (χ4v) is 19.5. The van der Waals surface area contributed by atoms with Gasteiger partial charge in [0.2, 0.25) is 28.8 Å². The van der Waals surface area contributed by atoms with Crippen molar-refractivity contribution in [3.63, 3.8) is 0 Å². The summed E-state index contributed by atoms with van der Waals surface area (Å²) >= 11 is 0. The zero-order valence-electron chi connectivity index (χ0n) is 77.5. The molecule has 4 heterocycles. The van der Waals surface area contributed by atoms with Gasteiger partial charge in [-0.25, -0.2) is 34.7 Å². The Morgan fingerprint density at radius 3 is 1.44 bits per heavy atom. The second kappa shape index (κ2) is 49.1. The Morgan fingerprint density at radius 2 is 0.993 bits per heavy atom. The van der Waals surface area contributed by atoms with Crippen LogP contribution in [0.3, 0.4) is 0 Å². The summed E-state index contributed by atoms with van der Waals surface area (Å²) < 4.78 is 84.2. The minimum absolute atomic E-state index is 0.00390. The number of non-ortho nitro benzene ring substituents is 2. The number of azide groups is 1. The van der Waals surface area contributed by atoms with Crippen molar-refractivity contribution >= 4 is 100 Å². The summed E-state index contributed by atoms with van der Waals surface area (Å²) in [5.41, 5.74) is 13.9. The van der Waals surface area contributed by atoms with Crippen molar-refractivity contribution in [2.24, 2.45) is 22.4 Å². The van der Waals surface area contributed by atoms with E-state index in [4.69, 9.17) is 24.4 Å². The number of carbonyl (C=O) groups excluding carboxylic acids is 6. The summed E-state index contributed by atoms with van der Waals surface area (Å²) in [6.07, 6.45) is 21.4. The van der Waals surface area contributed by atoms with Crippen molar-refractivity contribution in [2.75, 3.05) is 64.1 Å². The maximum absolute atomic E-state index is 14.0. The maximum Gasteiger partial charge on any atom is 0.306 e. The number of benzene rings is 5. The average molecular weight is 1880 g/mol. The van der Waals surface area contributed by atoms with E-state index in [-0.39, 0.29) is 121 Å². The van der Waals surface area contributed by atoms with E-state index in [1.807, 2.05) is 20.8 Å². The number of anilines is 2. The zero-order chi connectivity index (χ0) is 96.6. The predicted octanol–water partition coefficient (Wildman–Crippen LogP) is 17.6. The monoisotopic (exact) mass is 1880 g/mol. The van der Waals surface area contributed by atoms with Gasteiger partial charge in [0, 0.05) is 117 Å². The Kier molecular flexibility index (Phi) is 37.8. The Morgan fingerprint density at radius 1 is 0.552 bits per heavy atom. The number of fused-ring (bicyclic) bond motifs is 3. The summed E-state index contributed by atoms with van der Waals surface area (Å²) in [6, 6.07) is 31.1. The highest BCUT2D eigenvalue weighted by atomic mass is 32.2. The van der Waals surface area contributed by atoms with Gasteiger partial charge in [0.1, 0.15) is 17.1 Å². The Labute approximate surface area is 780 Å². The molecule has 1 fully saturated rings.